The number of nitrogens with one attached hydrogen (secondary N) is 1. The minimum absolute atomic E-state index is 0.0612. The van der Waals surface area contributed by atoms with E-state index in [4.69, 9.17) is 4.74 Å². The van der Waals surface area contributed by atoms with E-state index in [2.05, 4.69) is 15.3 Å². The molecule has 6 nitrogen and oxygen atoms in total. The fourth-order valence-electron chi connectivity index (χ4n) is 3.08. The Balaban J connectivity index is 1.60. The Kier molecular flexibility index (Phi) is 4.82. The van der Waals surface area contributed by atoms with Gasteiger partial charge in [-0.05, 0) is 25.7 Å². The summed E-state index contributed by atoms with van der Waals surface area (Å²) in [5.41, 5.74) is 0. The highest BCUT2D eigenvalue weighted by Gasteiger charge is 2.29. The zero-order valence-electron chi connectivity index (χ0n) is 12.5. The molecule has 1 aromatic rings. The standard InChI is InChI=1S/C15H21FN4O2/c16-13-8-17-10-18-14(13)20-5-1-2-11(9-20)15(21)19-12-3-6-22-7-4-12/h8,10-12H,1-7,9H2,(H,19,21). The normalized spacial score (nSPS) is 23.3. The van der Waals surface area contributed by atoms with E-state index < -0.39 is 5.82 Å². The molecule has 120 valence electrons. The number of ether oxygens (including phenoxy) is 1. The second-order valence-corrected chi connectivity index (χ2v) is 5.87. The van der Waals surface area contributed by atoms with E-state index >= 15 is 0 Å². The molecule has 0 aliphatic carbocycles. The number of carbonyl (C=O) groups excluding carboxylic acids is 1. The molecule has 22 heavy (non-hydrogen) atoms. The Morgan fingerprint density at radius 1 is 1.36 bits per heavy atom. The number of rotatable bonds is 3. The van der Waals surface area contributed by atoms with E-state index in [1.54, 1.807) is 0 Å². The third-order valence-corrected chi connectivity index (χ3v) is 4.31. The largest absolute Gasteiger partial charge is 0.381 e. The van der Waals surface area contributed by atoms with Crippen molar-refractivity contribution in [1.82, 2.24) is 15.3 Å². The molecule has 2 fully saturated rings. The summed E-state index contributed by atoms with van der Waals surface area (Å²) < 4.78 is 19.1. The second-order valence-electron chi connectivity index (χ2n) is 5.87. The summed E-state index contributed by atoms with van der Waals surface area (Å²) in [5.74, 6) is -0.205. The number of aromatic nitrogens is 2. The summed E-state index contributed by atoms with van der Waals surface area (Å²) >= 11 is 0. The van der Waals surface area contributed by atoms with Crippen molar-refractivity contribution in [2.45, 2.75) is 31.7 Å². The van der Waals surface area contributed by atoms with Crippen LogP contribution in [0.15, 0.2) is 12.5 Å². The Morgan fingerprint density at radius 3 is 2.95 bits per heavy atom. The summed E-state index contributed by atoms with van der Waals surface area (Å²) in [5, 5.41) is 3.10. The van der Waals surface area contributed by atoms with Crippen molar-refractivity contribution >= 4 is 11.7 Å². The maximum absolute atomic E-state index is 13.8. The summed E-state index contributed by atoms with van der Waals surface area (Å²) in [6, 6.07) is 0.201. The van der Waals surface area contributed by atoms with Crippen LogP contribution in [0.25, 0.3) is 0 Å². The van der Waals surface area contributed by atoms with Crippen LogP contribution in [-0.4, -0.2) is 48.2 Å². The van der Waals surface area contributed by atoms with Crippen LogP contribution in [0.4, 0.5) is 10.2 Å². The Morgan fingerprint density at radius 2 is 2.18 bits per heavy atom. The number of halogens is 1. The average molecular weight is 308 g/mol. The van der Waals surface area contributed by atoms with Gasteiger partial charge in [0, 0.05) is 32.3 Å². The van der Waals surface area contributed by atoms with E-state index in [9.17, 15) is 9.18 Å². The van der Waals surface area contributed by atoms with Gasteiger partial charge in [0.2, 0.25) is 5.91 Å². The fraction of sp³-hybridized carbons (Fsp3) is 0.667. The summed E-state index contributed by atoms with van der Waals surface area (Å²) in [7, 11) is 0. The van der Waals surface area contributed by atoms with Crippen LogP contribution in [0.1, 0.15) is 25.7 Å². The summed E-state index contributed by atoms with van der Waals surface area (Å²) in [4.78, 5) is 21.9. The van der Waals surface area contributed by atoms with Crippen molar-refractivity contribution in [2.24, 2.45) is 5.92 Å². The third kappa shape index (κ3) is 3.52. The quantitative estimate of drug-likeness (QED) is 0.906. The van der Waals surface area contributed by atoms with E-state index in [1.165, 1.54) is 6.33 Å². The van der Waals surface area contributed by atoms with E-state index in [1.807, 2.05) is 4.90 Å². The molecule has 3 heterocycles. The molecule has 1 amide bonds. The number of hydrogen-bond acceptors (Lipinski definition) is 5. The van der Waals surface area contributed by atoms with Gasteiger partial charge in [-0.3, -0.25) is 4.79 Å². The lowest BCUT2D eigenvalue weighted by Gasteiger charge is -2.34. The molecule has 0 spiro atoms. The van der Waals surface area contributed by atoms with Gasteiger partial charge in [-0.25, -0.2) is 14.4 Å². The Hall–Kier alpha value is -1.76. The number of hydrogen-bond donors (Lipinski definition) is 1. The highest BCUT2D eigenvalue weighted by molar-refractivity contribution is 5.79. The molecule has 0 bridgehead atoms. The smallest absolute Gasteiger partial charge is 0.225 e. The Bertz CT molecular complexity index is 522. The fourth-order valence-corrected chi connectivity index (χ4v) is 3.08. The zero-order chi connectivity index (χ0) is 15.4. The molecular formula is C15H21FN4O2. The lowest BCUT2D eigenvalue weighted by Crippen LogP contribution is -2.47. The van der Waals surface area contributed by atoms with Gasteiger partial charge in [0.1, 0.15) is 6.33 Å². The molecule has 1 aromatic heterocycles. The minimum atomic E-state index is -0.437. The lowest BCUT2D eigenvalue weighted by molar-refractivity contribution is -0.126. The van der Waals surface area contributed by atoms with Crippen LogP contribution in [0, 0.1) is 11.7 Å². The average Bonchev–Trinajstić information content (AvgIpc) is 2.56. The predicted molar refractivity (Wildman–Crippen MR) is 78.9 cm³/mol. The third-order valence-electron chi connectivity index (χ3n) is 4.31. The van der Waals surface area contributed by atoms with Crippen molar-refractivity contribution in [2.75, 3.05) is 31.2 Å². The van der Waals surface area contributed by atoms with Gasteiger partial charge in [-0.15, -0.1) is 0 Å². The molecule has 2 aliphatic heterocycles. The first-order valence-electron chi connectivity index (χ1n) is 7.82. The molecule has 2 saturated heterocycles. The van der Waals surface area contributed by atoms with Crippen LogP contribution < -0.4 is 10.2 Å². The number of anilines is 1. The predicted octanol–water partition coefficient (Wildman–Crippen LogP) is 1.13. The van der Waals surface area contributed by atoms with Gasteiger partial charge >= 0.3 is 0 Å². The van der Waals surface area contributed by atoms with E-state index in [0.717, 1.165) is 38.4 Å². The highest BCUT2D eigenvalue weighted by Crippen LogP contribution is 2.23. The van der Waals surface area contributed by atoms with Crippen molar-refractivity contribution in [3.05, 3.63) is 18.3 Å². The molecule has 2 aliphatic rings. The lowest BCUT2D eigenvalue weighted by atomic mass is 9.96. The molecule has 3 rings (SSSR count). The van der Waals surface area contributed by atoms with Gasteiger partial charge < -0.3 is 15.0 Å². The first kappa shape index (κ1) is 15.1. The first-order chi connectivity index (χ1) is 10.7. The van der Waals surface area contributed by atoms with Crippen LogP contribution in [0.3, 0.4) is 0 Å². The maximum Gasteiger partial charge on any atom is 0.225 e. The second kappa shape index (κ2) is 7.00. The first-order valence-corrected chi connectivity index (χ1v) is 7.82. The van der Waals surface area contributed by atoms with Gasteiger partial charge in [0.25, 0.3) is 0 Å². The molecule has 1 N–H and O–H groups in total. The Labute approximate surface area is 129 Å². The molecule has 1 unspecified atom stereocenters. The van der Waals surface area contributed by atoms with Crippen molar-refractivity contribution in [3.63, 3.8) is 0 Å². The SMILES string of the molecule is O=C(NC1CCOCC1)C1CCCN(c2ncncc2F)C1. The van der Waals surface area contributed by atoms with E-state index in [-0.39, 0.29) is 17.9 Å². The van der Waals surface area contributed by atoms with Gasteiger partial charge in [-0.1, -0.05) is 0 Å². The van der Waals surface area contributed by atoms with Crippen LogP contribution in [0.5, 0.6) is 0 Å². The summed E-state index contributed by atoms with van der Waals surface area (Å²) in [6.07, 6.45) is 5.91. The molecule has 7 heteroatoms. The van der Waals surface area contributed by atoms with Gasteiger partial charge in [0.05, 0.1) is 12.1 Å². The highest BCUT2D eigenvalue weighted by atomic mass is 19.1. The number of carbonyl (C=O) groups is 1. The van der Waals surface area contributed by atoms with Crippen molar-refractivity contribution in [1.29, 1.82) is 0 Å². The number of amides is 1. The van der Waals surface area contributed by atoms with Crippen molar-refractivity contribution < 1.29 is 13.9 Å². The maximum atomic E-state index is 13.8. The number of piperidine rings is 1. The number of nitrogens with zero attached hydrogens (tertiary/aromatic N) is 3. The zero-order valence-corrected chi connectivity index (χ0v) is 12.5. The van der Waals surface area contributed by atoms with Crippen molar-refractivity contribution in [3.8, 4) is 0 Å². The minimum Gasteiger partial charge on any atom is -0.381 e. The topological polar surface area (TPSA) is 67.3 Å². The molecule has 1 atom stereocenters. The van der Waals surface area contributed by atoms with Gasteiger partial charge in [-0.2, -0.15) is 0 Å². The summed E-state index contributed by atoms with van der Waals surface area (Å²) in [6.45, 7) is 2.62. The van der Waals surface area contributed by atoms with Crippen LogP contribution in [0.2, 0.25) is 0 Å². The molecule has 0 radical (unpaired) electrons. The molecule has 0 aromatic carbocycles. The molecule has 0 saturated carbocycles. The van der Waals surface area contributed by atoms with E-state index in [0.29, 0.717) is 25.6 Å². The van der Waals surface area contributed by atoms with Crippen LogP contribution >= 0.6 is 0 Å². The van der Waals surface area contributed by atoms with Gasteiger partial charge in [0.15, 0.2) is 11.6 Å². The monoisotopic (exact) mass is 308 g/mol. The van der Waals surface area contributed by atoms with Crippen LogP contribution in [-0.2, 0) is 9.53 Å². The molecular weight excluding hydrogens is 287 g/mol.